The van der Waals surface area contributed by atoms with E-state index in [2.05, 4.69) is 9.97 Å². The number of hydrogen-bond acceptors (Lipinski definition) is 5. The molecule has 0 aliphatic carbocycles. The third kappa shape index (κ3) is 4.78. The molecule has 116 valence electrons. The van der Waals surface area contributed by atoms with Crippen LogP contribution in [0.5, 0.6) is 0 Å². The van der Waals surface area contributed by atoms with Gasteiger partial charge in [0, 0.05) is 24.5 Å². The summed E-state index contributed by atoms with van der Waals surface area (Å²) < 4.78 is 25.9. The van der Waals surface area contributed by atoms with Crippen LogP contribution in [0, 0.1) is 0 Å². The van der Waals surface area contributed by atoms with Crippen LogP contribution in [0.4, 0.5) is 0 Å². The number of carbonyl (C=O) groups excluding carboxylic acids is 1. The Balaban J connectivity index is 1.87. The van der Waals surface area contributed by atoms with E-state index in [9.17, 15) is 13.2 Å². The molecular formula is C14H14ClN3O3S. The van der Waals surface area contributed by atoms with Gasteiger partial charge in [-0.3, -0.25) is 9.78 Å². The average molecular weight is 340 g/mol. The predicted molar refractivity (Wildman–Crippen MR) is 81.8 cm³/mol. The van der Waals surface area contributed by atoms with Gasteiger partial charge in [0.2, 0.25) is 5.91 Å². The number of amides is 1. The number of pyridine rings is 2. The van der Waals surface area contributed by atoms with E-state index in [1.807, 2.05) is 22.9 Å². The minimum absolute atomic E-state index is 0.0867. The van der Waals surface area contributed by atoms with Gasteiger partial charge in [0.1, 0.15) is 0 Å². The lowest BCUT2D eigenvalue weighted by Crippen LogP contribution is -2.31. The molecular weight excluding hydrogens is 326 g/mol. The lowest BCUT2D eigenvalue weighted by molar-refractivity contribution is -0.119. The molecule has 0 aliphatic rings. The van der Waals surface area contributed by atoms with Crippen molar-refractivity contribution in [3.05, 3.63) is 53.4 Å². The molecule has 22 heavy (non-hydrogen) atoms. The topological polar surface area (TPSA) is 89.0 Å². The van der Waals surface area contributed by atoms with Crippen molar-refractivity contribution in [3.63, 3.8) is 0 Å². The zero-order chi connectivity index (χ0) is 16.0. The molecule has 6 nitrogen and oxygen atoms in total. The lowest BCUT2D eigenvalue weighted by atomic mass is 10.2. The highest BCUT2D eigenvalue weighted by molar-refractivity contribution is 7.90. The van der Waals surface area contributed by atoms with Crippen LogP contribution in [0.2, 0.25) is 5.02 Å². The summed E-state index contributed by atoms with van der Waals surface area (Å²) in [5, 5.41) is 0.0793. The molecule has 0 saturated heterocycles. The van der Waals surface area contributed by atoms with Crippen molar-refractivity contribution in [2.24, 2.45) is 0 Å². The normalized spacial score (nSPS) is 11.1. The Hall–Kier alpha value is -1.99. The monoisotopic (exact) mass is 339 g/mol. The van der Waals surface area contributed by atoms with E-state index < -0.39 is 15.9 Å². The van der Waals surface area contributed by atoms with Crippen LogP contribution >= 0.6 is 11.6 Å². The zero-order valence-electron chi connectivity index (χ0n) is 11.6. The molecule has 0 aromatic carbocycles. The number of sulfonamides is 1. The number of hydrogen-bond donors (Lipinski definition) is 1. The Morgan fingerprint density at radius 3 is 2.64 bits per heavy atom. The molecule has 1 amide bonds. The summed E-state index contributed by atoms with van der Waals surface area (Å²) in [7, 11) is -3.96. The van der Waals surface area contributed by atoms with Gasteiger partial charge in [-0.1, -0.05) is 17.7 Å². The number of nitrogens with one attached hydrogen (secondary N) is 1. The summed E-state index contributed by atoms with van der Waals surface area (Å²) in [5.74, 6) is -0.576. The molecule has 2 rings (SSSR count). The van der Waals surface area contributed by atoms with E-state index in [1.54, 1.807) is 6.20 Å². The van der Waals surface area contributed by atoms with Gasteiger partial charge in [-0.15, -0.1) is 0 Å². The number of aromatic nitrogens is 2. The van der Waals surface area contributed by atoms with Crippen LogP contribution in [0.1, 0.15) is 18.5 Å². The smallest absolute Gasteiger partial charge is 0.274 e. The van der Waals surface area contributed by atoms with Gasteiger partial charge in [0.25, 0.3) is 10.0 Å². The maximum absolute atomic E-state index is 11.9. The Labute approximate surface area is 133 Å². The van der Waals surface area contributed by atoms with E-state index in [4.69, 9.17) is 11.6 Å². The molecule has 0 saturated carbocycles. The van der Waals surface area contributed by atoms with Crippen LogP contribution in [-0.2, 0) is 21.2 Å². The molecule has 8 heteroatoms. The number of rotatable bonds is 6. The van der Waals surface area contributed by atoms with Crippen molar-refractivity contribution in [2.75, 3.05) is 0 Å². The van der Waals surface area contributed by atoms with Gasteiger partial charge in [-0.05, 0) is 37.1 Å². The van der Waals surface area contributed by atoms with E-state index in [1.165, 1.54) is 18.3 Å². The molecule has 2 heterocycles. The minimum Gasteiger partial charge on any atom is -0.274 e. The van der Waals surface area contributed by atoms with E-state index >= 15 is 0 Å². The predicted octanol–water partition coefficient (Wildman–Crippen LogP) is 1.96. The quantitative estimate of drug-likeness (QED) is 0.869. The largest absolute Gasteiger partial charge is 0.281 e. The van der Waals surface area contributed by atoms with Gasteiger partial charge in [0.15, 0.2) is 5.03 Å². The summed E-state index contributed by atoms with van der Waals surface area (Å²) in [5.41, 5.74) is 0.859. The van der Waals surface area contributed by atoms with Gasteiger partial charge in [-0.25, -0.2) is 9.71 Å². The summed E-state index contributed by atoms with van der Waals surface area (Å²) in [6, 6.07) is 8.16. The first-order valence-corrected chi connectivity index (χ1v) is 8.40. The molecule has 0 fully saturated rings. The van der Waals surface area contributed by atoms with Gasteiger partial charge < -0.3 is 0 Å². The second kappa shape index (κ2) is 7.33. The number of aryl methyl sites for hydroxylation is 1. The number of carbonyl (C=O) groups is 1. The molecule has 2 aromatic heterocycles. The third-order valence-corrected chi connectivity index (χ3v) is 4.30. The molecule has 0 unspecified atom stereocenters. The van der Waals surface area contributed by atoms with Crippen molar-refractivity contribution < 1.29 is 13.2 Å². The van der Waals surface area contributed by atoms with Crippen molar-refractivity contribution in [2.45, 2.75) is 24.3 Å². The summed E-state index contributed by atoms with van der Waals surface area (Å²) in [4.78, 5) is 19.5. The molecule has 2 aromatic rings. The SMILES string of the molecule is O=C(CCCc1ccccn1)NS(=O)(=O)c1ccc(Cl)cn1. The summed E-state index contributed by atoms with van der Waals surface area (Å²) in [6.45, 7) is 0. The van der Waals surface area contributed by atoms with Gasteiger partial charge in [0.05, 0.1) is 5.02 Å². The fraction of sp³-hybridized carbons (Fsp3) is 0.214. The second-order valence-corrected chi connectivity index (χ2v) is 6.58. The first kappa shape index (κ1) is 16.4. The van der Waals surface area contributed by atoms with Crippen molar-refractivity contribution in [3.8, 4) is 0 Å². The summed E-state index contributed by atoms with van der Waals surface area (Å²) in [6.07, 6.45) is 4.08. The lowest BCUT2D eigenvalue weighted by Gasteiger charge is -2.06. The standard InChI is InChI=1S/C14H14ClN3O3S/c15-11-7-8-14(17-10-11)22(20,21)18-13(19)6-3-5-12-4-1-2-9-16-12/h1-2,4,7-10H,3,5-6H2,(H,18,19). The highest BCUT2D eigenvalue weighted by atomic mass is 35.5. The highest BCUT2D eigenvalue weighted by Gasteiger charge is 2.18. The number of halogens is 1. The second-order valence-electron chi connectivity index (χ2n) is 4.52. The van der Waals surface area contributed by atoms with Crippen LogP contribution in [0.15, 0.2) is 47.8 Å². The van der Waals surface area contributed by atoms with Crippen LogP contribution < -0.4 is 4.72 Å². The van der Waals surface area contributed by atoms with Crippen LogP contribution in [0.25, 0.3) is 0 Å². The van der Waals surface area contributed by atoms with E-state index in [-0.39, 0.29) is 11.4 Å². The van der Waals surface area contributed by atoms with Crippen LogP contribution in [-0.4, -0.2) is 24.3 Å². The molecule has 0 bridgehead atoms. The third-order valence-electron chi connectivity index (χ3n) is 2.79. The Kier molecular flexibility index (Phi) is 5.46. The maximum atomic E-state index is 11.9. The molecule has 0 aliphatic heterocycles. The molecule has 0 atom stereocenters. The van der Waals surface area contributed by atoms with E-state index in [0.717, 1.165) is 5.69 Å². The average Bonchev–Trinajstić information content (AvgIpc) is 2.48. The van der Waals surface area contributed by atoms with Crippen molar-refractivity contribution in [1.29, 1.82) is 0 Å². The molecule has 0 spiro atoms. The van der Waals surface area contributed by atoms with Crippen molar-refractivity contribution in [1.82, 2.24) is 14.7 Å². The van der Waals surface area contributed by atoms with E-state index in [0.29, 0.717) is 17.9 Å². The fourth-order valence-corrected chi connectivity index (χ4v) is 2.81. The van der Waals surface area contributed by atoms with Gasteiger partial charge >= 0.3 is 0 Å². The maximum Gasteiger partial charge on any atom is 0.281 e. The zero-order valence-corrected chi connectivity index (χ0v) is 13.1. The fourth-order valence-electron chi connectivity index (χ4n) is 1.75. The Bertz CT molecular complexity index is 734. The first-order chi connectivity index (χ1) is 10.5. The number of nitrogens with zero attached hydrogens (tertiary/aromatic N) is 2. The molecule has 0 radical (unpaired) electrons. The minimum atomic E-state index is -3.96. The Morgan fingerprint density at radius 1 is 1.18 bits per heavy atom. The van der Waals surface area contributed by atoms with Gasteiger partial charge in [-0.2, -0.15) is 8.42 Å². The van der Waals surface area contributed by atoms with Crippen molar-refractivity contribution >= 4 is 27.5 Å². The van der Waals surface area contributed by atoms with Crippen LogP contribution in [0.3, 0.4) is 0 Å². The summed E-state index contributed by atoms with van der Waals surface area (Å²) >= 11 is 5.64. The highest BCUT2D eigenvalue weighted by Crippen LogP contribution is 2.10. The molecule has 1 N–H and O–H groups in total. The Morgan fingerprint density at radius 2 is 2.00 bits per heavy atom. The first-order valence-electron chi connectivity index (χ1n) is 6.54.